The molecule has 0 rings (SSSR count). The summed E-state index contributed by atoms with van der Waals surface area (Å²) in [6.07, 6.45) is 35.6. The number of aliphatic carboxylic acids is 1. The Hall–Kier alpha value is -2.04. The number of phosphoric acid groups is 1. The lowest BCUT2D eigenvalue weighted by atomic mass is 10.1. The maximum Gasteiger partial charge on any atom is 0.472 e. The summed E-state index contributed by atoms with van der Waals surface area (Å²) < 4.78 is 32.5. The van der Waals surface area contributed by atoms with Crippen LogP contribution in [-0.2, 0) is 37.5 Å². The predicted octanol–water partition coefficient (Wildman–Crippen LogP) is 10.3. The van der Waals surface area contributed by atoms with E-state index in [0.29, 0.717) is 12.8 Å². The molecule has 304 valence electrons. The Bertz CT molecular complexity index is 989. The number of unbranched alkanes of at least 4 members (excludes halogenated alkanes) is 20. The zero-order valence-corrected chi connectivity index (χ0v) is 33.5. The third-order valence-corrected chi connectivity index (χ3v) is 9.65. The van der Waals surface area contributed by atoms with Gasteiger partial charge in [0.15, 0.2) is 6.10 Å². The van der Waals surface area contributed by atoms with E-state index in [9.17, 15) is 23.8 Å². The first-order valence-electron chi connectivity index (χ1n) is 20.4. The number of rotatable bonds is 38. The van der Waals surface area contributed by atoms with E-state index in [1.54, 1.807) is 0 Å². The van der Waals surface area contributed by atoms with Crippen LogP contribution in [0.1, 0.15) is 181 Å². The predicted molar refractivity (Wildman–Crippen MR) is 208 cm³/mol. The second kappa shape index (κ2) is 36.0. The van der Waals surface area contributed by atoms with Gasteiger partial charge in [-0.25, -0.2) is 4.57 Å². The number of allylic oxidation sites excluding steroid dienone is 4. The van der Waals surface area contributed by atoms with Crippen LogP contribution in [0.25, 0.3) is 0 Å². The van der Waals surface area contributed by atoms with Crippen LogP contribution in [0.2, 0.25) is 0 Å². The molecule has 0 radical (unpaired) electrons. The second-order valence-corrected chi connectivity index (χ2v) is 15.2. The van der Waals surface area contributed by atoms with Crippen LogP contribution < -0.4 is 5.73 Å². The molecule has 0 aromatic carbocycles. The first-order chi connectivity index (χ1) is 25.1. The van der Waals surface area contributed by atoms with Crippen molar-refractivity contribution in [3.05, 3.63) is 24.3 Å². The number of carbonyl (C=O) groups is 3. The van der Waals surface area contributed by atoms with Crippen LogP contribution in [0, 0.1) is 0 Å². The number of ether oxygens (including phenoxy) is 2. The van der Waals surface area contributed by atoms with Gasteiger partial charge >= 0.3 is 25.7 Å². The lowest BCUT2D eigenvalue weighted by molar-refractivity contribution is -0.161. The lowest BCUT2D eigenvalue weighted by Crippen LogP contribution is -2.34. The number of esters is 2. The summed E-state index contributed by atoms with van der Waals surface area (Å²) in [7, 11) is -4.70. The van der Waals surface area contributed by atoms with E-state index in [1.165, 1.54) is 89.9 Å². The number of phosphoric ester groups is 1. The Morgan fingerprint density at radius 3 is 1.50 bits per heavy atom. The van der Waals surface area contributed by atoms with Crippen LogP contribution in [0.15, 0.2) is 24.3 Å². The molecule has 0 spiro atoms. The fraction of sp³-hybridized carbons (Fsp3) is 0.825. The topological polar surface area (TPSA) is 172 Å². The molecule has 0 aliphatic rings. The number of hydrogen-bond donors (Lipinski definition) is 3. The highest BCUT2D eigenvalue weighted by molar-refractivity contribution is 7.47. The molecule has 0 aromatic rings. The Morgan fingerprint density at radius 2 is 1.02 bits per heavy atom. The Morgan fingerprint density at radius 1 is 0.596 bits per heavy atom. The van der Waals surface area contributed by atoms with Crippen molar-refractivity contribution in [3.8, 4) is 0 Å². The van der Waals surface area contributed by atoms with Gasteiger partial charge in [-0.2, -0.15) is 0 Å². The normalized spacial score (nSPS) is 14.1. The van der Waals surface area contributed by atoms with E-state index >= 15 is 0 Å². The fourth-order valence-electron chi connectivity index (χ4n) is 5.45. The van der Waals surface area contributed by atoms with Crippen molar-refractivity contribution in [1.29, 1.82) is 0 Å². The third-order valence-electron chi connectivity index (χ3n) is 8.70. The molecule has 0 aliphatic carbocycles. The van der Waals surface area contributed by atoms with E-state index in [2.05, 4.69) is 42.7 Å². The monoisotopic (exact) mass is 760 g/mol. The van der Waals surface area contributed by atoms with Crippen LogP contribution in [0.3, 0.4) is 0 Å². The van der Waals surface area contributed by atoms with Gasteiger partial charge in [0, 0.05) is 12.8 Å². The molecule has 0 aromatic heterocycles. The second-order valence-electron chi connectivity index (χ2n) is 13.8. The van der Waals surface area contributed by atoms with Crippen molar-refractivity contribution in [2.75, 3.05) is 19.8 Å². The quantitative estimate of drug-likeness (QED) is 0.0237. The van der Waals surface area contributed by atoms with Crippen molar-refractivity contribution < 1.29 is 47.5 Å². The van der Waals surface area contributed by atoms with E-state index < -0.39 is 51.1 Å². The van der Waals surface area contributed by atoms with Gasteiger partial charge in [-0.3, -0.25) is 23.4 Å². The summed E-state index contributed by atoms with van der Waals surface area (Å²) >= 11 is 0. The molecule has 0 bridgehead atoms. The molecule has 0 heterocycles. The molecule has 52 heavy (non-hydrogen) atoms. The fourth-order valence-corrected chi connectivity index (χ4v) is 6.23. The van der Waals surface area contributed by atoms with Crippen LogP contribution in [-0.4, -0.2) is 59.9 Å². The molecule has 3 unspecified atom stereocenters. The van der Waals surface area contributed by atoms with Crippen molar-refractivity contribution in [1.82, 2.24) is 0 Å². The van der Waals surface area contributed by atoms with Crippen LogP contribution >= 0.6 is 7.82 Å². The van der Waals surface area contributed by atoms with Gasteiger partial charge in [0.2, 0.25) is 0 Å². The lowest BCUT2D eigenvalue weighted by Gasteiger charge is -2.20. The van der Waals surface area contributed by atoms with Gasteiger partial charge in [-0.1, -0.05) is 147 Å². The number of carbonyl (C=O) groups excluding carboxylic acids is 2. The summed E-state index contributed by atoms with van der Waals surface area (Å²) in [5, 5.41) is 8.85. The Labute approximate surface area is 315 Å². The third kappa shape index (κ3) is 35.0. The minimum Gasteiger partial charge on any atom is -0.480 e. The smallest absolute Gasteiger partial charge is 0.472 e. The molecule has 4 N–H and O–H groups in total. The number of carboxylic acids is 1. The highest BCUT2D eigenvalue weighted by Gasteiger charge is 2.28. The van der Waals surface area contributed by atoms with Gasteiger partial charge in [0.25, 0.3) is 0 Å². The molecule has 0 saturated carbocycles. The minimum absolute atomic E-state index is 0.158. The Kier molecular flexibility index (Phi) is 34.6. The maximum absolute atomic E-state index is 12.6. The minimum atomic E-state index is -4.70. The molecule has 0 saturated heterocycles. The summed E-state index contributed by atoms with van der Waals surface area (Å²) in [5.74, 6) is -2.39. The molecule has 0 fully saturated rings. The first-order valence-corrected chi connectivity index (χ1v) is 21.9. The molecular weight excluding hydrogens is 685 g/mol. The maximum atomic E-state index is 12.6. The zero-order chi connectivity index (χ0) is 38.5. The standard InChI is InChI=1S/C40H74NO10P/c1-3-5-7-9-11-12-13-14-15-16-17-18-19-20-21-22-23-24-26-28-30-32-39(43)51-36(34-49-52(46,47)50-35-37(41)40(44)45)33-48-38(42)31-29-27-25-10-8-6-4-2/h13-14,16-17,36-37H,3-12,15,18-35,41H2,1-2H3,(H,44,45)(H,46,47)/b14-13-,17-16-. The van der Waals surface area contributed by atoms with Crippen molar-refractivity contribution in [3.63, 3.8) is 0 Å². The summed E-state index contributed by atoms with van der Waals surface area (Å²) in [5.41, 5.74) is 5.31. The number of hydrogen-bond acceptors (Lipinski definition) is 9. The summed E-state index contributed by atoms with van der Waals surface area (Å²) in [4.78, 5) is 45.6. The molecule has 3 atom stereocenters. The van der Waals surface area contributed by atoms with Gasteiger partial charge < -0.3 is 25.2 Å². The number of carboxylic acid groups (broad SMARTS) is 1. The largest absolute Gasteiger partial charge is 0.480 e. The van der Waals surface area contributed by atoms with Gasteiger partial charge in [0.05, 0.1) is 13.2 Å². The summed E-state index contributed by atoms with van der Waals surface area (Å²) in [6.45, 7) is 2.73. The van der Waals surface area contributed by atoms with Crippen molar-refractivity contribution in [2.45, 2.75) is 193 Å². The van der Waals surface area contributed by atoms with Crippen molar-refractivity contribution in [2.24, 2.45) is 5.73 Å². The molecule has 12 heteroatoms. The zero-order valence-electron chi connectivity index (χ0n) is 32.7. The average molecular weight is 760 g/mol. The highest BCUT2D eigenvalue weighted by Crippen LogP contribution is 2.43. The van der Waals surface area contributed by atoms with E-state index in [4.69, 9.17) is 24.8 Å². The van der Waals surface area contributed by atoms with E-state index in [1.807, 2.05) is 0 Å². The summed E-state index contributed by atoms with van der Waals surface area (Å²) in [6, 6.07) is -1.52. The van der Waals surface area contributed by atoms with Gasteiger partial charge in [-0.15, -0.1) is 0 Å². The van der Waals surface area contributed by atoms with E-state index in [-0.39, 0.29) is 19.4 Å². The van der Waals surface area contributed by atoms with E-state index in [0.717, 1.165) is 51.4 Å². The molecule has 0 aliphatic heterocycles. The molecular formula is C40H74NO10P. The Balaban J connectivity index is 4.25. The van der Waals surface area contributed by atoms with Crippen LogP contribution in [0.4, 0.5) is 0 Å². The number of nitrogens with two attached hydrogens (primary N) is 1. The SMILES string of the molecule is CCCCCCC/C=C\C/C=C\CCCCCCCCCCCC(=O)OC(COC(=O)CCCCCCCCC)COP(=O)(O)OCC(N)C(=O)O. The average Bonchev–Trinajstić information content (AvgIpc) is 3.12. The van der Waals surface area contributed by atoms with Gasteiger partial charge in [-0.05, 0) is 44.9 Å². The van der Waals surface area contributed by atoms with Gasteiger partial charge in [0.1, 0.15) is 12.6 Å². The highest BCUT2D eigenvalue weighted by atomic mass is 31.2. The van der Waals surface area contributed by atoms with Crippen molar-refractivity contribution >= 4 is 25.7 Å². The first kappa shape index (κ1) is 50.0. The van der Waals surface area contributed by atoms with Crippen LogP contribution in [0.5, 0.6) is 0 Å². The molecule has 0 amide bonds. The molecule has 11 nitrogen and oxygen atoms in total.